The van der Waals surface area contributed by atoms with E-state index in [1.54, 1.807) is 6.20 Å². The van der Waals surface area contributed by atoms with Crippen LogP contribution in [-0.2, 0) is 9.59 Å². The Kier molecular flexibility index (Phi) is 6.58. The second-order valence-electron chi connectivity index (χ2n) is 9.56. The minimum atomic E-state index is 0.00677. The first-order chi connectivity index (χ1) is 16.2. The van der Waals surface area contributed by atoms with Crippen LogP contribution in [-0.4, -0.2) is 72.4 Å². The zero-order valence-electron chi connectivity index (χ0n) is 19.2. The third kappa shape index (κ3) is 5.19. The fourth-order valence-corrected chi connectivity index (χ4v) is 5.17. The molecule has 3 fully saturated rings. The topological polar surface area (TPSA) is 68.8 Å². The average molecular weight is 448 g/mol. The van der Waals surface area contributed by atoms with Crippen LogP contribution in [0.3, 0.4) is 0 Å². The molecule has 2 aromatic rings. The molecule has 2 amide bonds. The number of carbonyl (C=O) groups is 2. The van der Waals surface area contributed by atoms with Crippen LogP contribution in [0.5, 0.6) is 0 Å². The number of amides is 2. The largest absolute Gasteiger partial charge is 0.369 e. The van der Waals surface area contributed by atoms with Gasteiger partial charge in [-0.15, -0.1) is 0 Å². The highest BCUT2D eigenvalue weighted by Crippen LogP contribution is 2.30. The Hall–Kier alpha value is -2.93. The van der Waals surface area contributed by atoms with E-state index in [0.717, 1.165) is 63.5 Å². The summed E-state index contributed by atoms with van der Waals surface area (Å²) in [5.74, 6) is 0.844. The molecule has 1 aromatic carbocycles. The molecule has 5 rings (SSSR count). The molecule has 3 aliphatic rings. The van der Waals surface area contributed by atoms with E-state index >= 15 is 0 Å². The van der Waals surface area contributed by atoms with Crippen molar-refractivity contribution in [2.24, 2.45) is 5.92 Å². The number of piperidine rings is 1. The lowest BCUT2D eigenvalue weighted by Crippen LogP contribution is -2.52. The van der Waals surface area contributed by atoms with Gasteiger partial charge in [0.1, 0.15) is 0 Å². The third-order valence-corrected chi connectivity index (χ3v) is 7.32. The van der Waals surface area contributed by atoms with Crippen molar-refractivity contribution >= 4 is 23.2 Å². The predicted molar refractivity (Wildman–Crippen MR) is 129 cm³/mol. The Labute approximate surface area is 195 Å². The van der Waals surface area contributed by atoms with Crippen molar-refractivity contribution in [1.29, 1.82) is 0 Å². The van der Waals surface area contributed by atoms with Crippen molar-refractivity contribution in [3.8, 4) is 0 Å². The van der Waals surface area contributed by atoms with Crippen LogP contribution in [0.2, 0.25) is 0 Å². The number of anilines is 2. The Bertz CT molecular complexity index is 944. The summed E-state index contributed by atoms with van der Waals surface area (Å²) < 4.78 is 0. The quantitative estimate of drug-likeness (QED) is 0.737. The molecule has 0 bridgehead atoms. The summed E-state index contributed by atoms with van der Waals surface area (Å²) in [5.41, 5.74) is 3.21. The zero-order valence-corrected chi connectivity index (χ0v) is 19.2. The lowest BCUT2D eigenvalue weighted by atomic mass is 9.89. The third-order valence-electron chi connectivity index (χ3n) is 7.32. The Morgan fingerprint density at radius 1 is 0.970 bits per heavy atom. The van der Waals surface area contributed by atoms with Gasteiger partial charge in [0.25, 0.3) is 0 Å². The van der Waals surface area contributed by atoms with Crippen molar-refractivity contribution < 1.29 is 9.59 Å². The van der Waals surface area contributed by atoms with Gasteiger partial charge in [0.2, 0.25) is 11.8 Å². The number of hydrogen-bond donors (Lipinski definition) is 1. The number of likely N-dealkylation sites (tertiary alicyclic amines) is 2. The maximum atomic E-state index is 12.6. The standard InChI is InChI=1S/C26H33N5O2/c32-25(19-29-12-1-2-13-29)30-14-9-21(10-15-30)20-5-7-23(8-6-20)28-26(33)22-17-31(18-22)24-4-3-11-27-16-24/h3-8,11,16,21-22H,1-2,9-10,12-15,17-19H2,(H,28,33). The molecule has 7 heteroatoms. The van der Waals surface area contributed by atoms with Gasteiger partial charge in [0, 0.05) is 38.1 Å². The molecular formula is C26H33N5O2. The van der Waals surface area contributed by atoms with Crippen molar-refractivity contribution in [3.63, 3.8) is 0 Å². The summed E-state index contributed by atoms with van der Waals surface area (Å²) in [5, 5.41) is 3.06. The van der Waals surface area contributed by atoms with Gasteiger partial charge in [-0.25, -0.2) is 0 Å². The van der Waals surface area contributed by atoms with E-state index in [1.165, 1.54) is 18.4 Å². The highest BCUT2D eigenvalue weighted by atomic mass is 16.2. The molecule has 3 aliphatic heterocycles. The summed E-state index contributed by atoms with van der Waals surface area (Å²) in [7, 11) is 0. The normalized spacial score (nSPS) is 20.0. The molecule has 0 radical (unpaired) electrons. The van der Waals surface area contributed by atoms with Crippen LogP contribution in [0.1, 0.15) is 37.2 Å². The second kappa shape index (κ2) is 9.91. The average Bonchev–Trinajstić information content (AvgIpc) is 3.32. The number of rotatable bonds is 6. The summed E-state index contributed by atoms with van der Waals surface area (Å²) in [6.45, 7) is 5.84. The Morgan fingerprint density at radius 3 is 2.36 bits per heavy atom. The number of hydrogen-bond acceptors (Lipinski definition) is 5. The molecule has 0 spiro atoms. The molecule has 3 saturated heterocycles. The van der Waals surface area contributed by atoms with Crippen LogP contribution >= 0.6 is 0 Å². The minimum Gasteiger partial charge on any atom is -0.369 e. The fourth-order valence-electron chi connectivity index (χ4n) is 5.17. The van der Waals surface area contributed by atoms with E-state index in [9.17, 15) is 9.59 Å². The molecule has 1 aromatic heterocycles. The number of pyridine rings is 1. The van der Waals surface area contributed by atoms with Gasteiger partial charge in [0.15, 0.2) is 0 Å². The number of benzene rings is 1. The Morgan fingerprint density at radius 2 is 1.70 bits per heavy atom. The first-order valence-corrected chi connectivity index (χ1v) is 12.2. The number of aromatic nitrogens is 1. The van der Waals surface area contributed by atoms with E-state index < -0.39 is 0 Å². The molecule has 33 heavy (non-hydrogen) atoms. The Balaban J connectivity index is 1.07. The van der Waals surface area contributed by atoms with E-state index in [2.05, 4.69) is 32.2 Å². The van der Waals surface area contributed by atoms with E-state index in [0.29, 0.717) is 12.5 Å². The predicted octanol–water partition coefficient (Wildman–Crippen LogP) is 2.96. The van der Waals surface area contributed by atoms with Crippen molar-refractivity contribution in [2.75, 3.05) is 56.0 Å². The van der Waals surface area contributed by atoms with Gasteiger partial charge in [0.05, 0.1) is 24.3 Å². The molecule has 0 unspecified atom stereocenters. The second-order valence-corrected chi connectivity index (χ2v) is 9.56. The maximum absolute atomic E-state index is 12.6. The van der Waals surface area contributed by atoms with Gasteiger partial charge in [-0.3, -0.25) is 19.5 Å². The summed E-state index contributed by atoms with van der Waals surface area (Å²) in [4.78, 5) is 35.8. The van der Waals surface area contributed by atoms with E-state index in [-0.39, 0.29) is 17.7 Å². The van der Waals surface area contributed by atoms with Crippen LogP contribution in [0.4, 0.5) is 11.4 Å². The van der Waals surface area contributed by atoms with Crippen LogP contribution in [0.25, 0.3) is 0 Å². The SMILES string of the molecule is O=C(Nc1ccc(C2CCN(C(=O)CN3CCCC3)CC2)cc1)C1CN(c2cccnc2)C1. The molecule has 0 aliphatic carbocycles. The number of nitrogens with one attached hydrogen (secondary N) is 1. The molecule has 0 saturated carbocycles. The molecule has 1 N–H and O–H groups in total. The fraction of sp³-hybridized carbons (Fsp3) is 0.500. The summed E-state index contributed by atoms with van der Waals surface area (Å²) in [6, 6.07) is 12.2. The van der Waals surface area contributed by atoms with Crippen molar-refractivity contribution in [2.45, 2.75) is 31.6 Å². The molecule has 7 nitrogen and oxygen atoms in total. The van der Waals surface area contributed by atoms with Crippen molar-refractivity contribution in [1.82, 2.24) is 14.8 Å². The zero-order chi connectivity index (χ0) is 22.6. The molecule has 4 heterocycles. The first kappa shape index (κ1) is 21.9. The highest BCUT2D eigenvalue weighted by molar-refractivity contribution is 5.94. The van der Waals surface area contributed by atoms with Gasteiger partial charge in [-0.05, 0) is 74.5 Å². The van der Waals surface area contributed by atoms with Gasteiger partial charge >= 0.3 is 0 Å². The van der Waals surface area contributed by atoms with Gasteiger partial charge < -0.3 is 15.1 Å². The molecular weight excluding hydrogens is 414 g/mol. The van der Waals surface area contributed by atoms with Gasteiger partial charge in [-0.1, -0.05) is 12.1 Å². The maximum Gasteiger partial charge on any atom is 0.236 e. The first-order valence-electron chi connectivity index (χ1n) is 12.2. The van der Waals surface area contributed by atoms with Gasteiger partial charge in [-0.2, -0.15) is 0 Å². The monoisotopic (exact) mass is 447 g/mol. The lowest BCUT2D eigenvalue weighted by Gasteiger charge is -2.39. The summed E-state index contributed by atoms with van der Waals surface area (Å²) in [6.07, 6.45) is 8.04. The number of carbonyl (C=O) groups excluding carboxylic acids is 2. The van der Waals surface area contributed by atoms with Crippen molar-refractivity contribution in [3.05, 3.63) is 54.4 Å². The smallest absolute Gasteiger partial charge is 0.236 e. The molecule has 0 atom stereocenters. The summed E-state index contributed by atoms with van der Waals surface area (Å²) >= 11 is 0. The van der Waals surface area contributed by atoms with Crippen LogP contribution in [0, 0.1) is 5.92 Å². The number of nitrogens with zero attached hydrogens (tertiary/aromatic N) is 4. The van der Waals surface area contributed by atoms with Crippen LogP contribution in [0.15, 0.2) is 48.8 Å². The minimum absolute atomic E-state index is 0.00677. The highest BCUT2D eigenvalue weighted by Gasteiger charge is 2.33. The van der Waals surface area contributed by atoms with E-state index in [1.807, 2.05) is 35.4 Å². The van der Waals surface area contributed by atoms with E-state index in [4.69, 9.17) is 0 Å². The molecule has 174 valence electrons. The van der Waals surface area contributed by atoms with Crippen LogP contribution < -0.4 is 10.2 Å². The lowest BCUT2D eigenvalue weighted by molar-refractivity contribution is -0.133.